The molecule has 0 radical (unpaired) electrons. The van der Waals surface area contributed by atoms with Gasteiger partial charge in [-0.1, -0.05) is 12.1 Å². The summed E-state index contributed by atoms with van der Waals surface area (Å²) in [7, 11) is 0. The highest BCUT2D eigenvalue weighted by molar-refractivity contribution is 5.85. The van der Waals surface area contributed by atoms with Crippen molar-refractivity contribution < 1.29 is 4.74 Å². The topological polar surface area (TPSA) is 73.7 Å². The molecule has 0 saturated carbocycles. The lowest BCUT2D eigenvalue weighted by atomic mass is 10.2. The number of ether oxygens (including phenoxy) is 1. The number of fused-ring (bicyclic) bond motifs is 2. The summed E-state index contributed by atoms with van der Waals surface area (Å²) in [6, 6.07) is 17.1. The summed E-state index contributed by atoms with van der Waals surface area (Å²) in [5.41, 5.74) is 3.28. The van der Waals surface area contributed by atoms with Crippen molar-refractivity contribution in [2.75, 3.05) is 0 Å². The highest BCUT2D eigenvalue weighted by Crippen LogP contribution is 2.30. The number of benzene rings is 2. The number of pyridine rings is 1. The molecule has 0 saturated heterocycles. The predicted octanol–water partition coefficient (Wildman–Crippen LogP) is 4.43. The molecule has 128 valence electrons. The van der Waals surface area contributed by atoms with Gasteiger partial charge >= 0.3 is 0 Å². The molecular formula is C21H13N5O. The van der Waals surface area contributed by atoms with Crippen molar-refractivity contribution in [2.45, 2.75) is 0 Å². The second-order valence-electron chi connectivity index (χ2n) is 5.91. The van der Waals surface area contributed by atoms with Crippen molar-refractivity contribution >= 4 is 21.9 Å². The number of hydrogen-bond donors (Lipinski definition) is 0. The van der Waals surface area contributed by atoms with Crippen LogP contribution in [0.2, 0.25) is 0 Å². The summed E-state index contributed by atoms with van der Waals surface area (Å²) in [6.07, 6.45) is 6.77. The van der Waals surface area contributed by atoms with Gasteiger partial charge < -0.3 is 4.74 Å². The summed E-state index contributed by atoms with van der Waals surface area (Å²) in [4.78, 5) is 22.0. The van der Waals surface area contributed by atoms with Crippen LogP contribution in [0.4, 0.5) is 0 Å². The first kappa shape index (κ1) is 15.3. The molecule has 2 aromatic carbocycles. The van der Waals surface area contributed by atoms with E-state index in [-0.39, 0.29) is 0 Å². The van der Waals surface area contributed by atoms with Crippen LogP contribution < -0.4 is 4.74 Å². The first-order valence-electron chi connectivity index (χ1n) is 8.43. The molecule has 0 amide bonds. The van der Waals surface area contributed by atoms with Crippen LogP contribution in [0.1, 0.15) is 0 Å². The number of para-hydroxylation sites is 1. The van der Waals surface area contributed by atoms with E-state index in [1.54, 1.807) is 24.8 Å². The second kappa shape index (κ2) is 6.42. The van der Waals surface area contributed by atoms with Crippen LogP contribution in [0.3, 0.4) is 0 Å². The van der Waals surface area contributed by atoms with Gasteiger partial charge in [0, 0.05) is 36.4 Å². The maximum atomic E-state index is 6.13. The quantitative estimate of drug-likeness (QED) is 0.479. The van der Waals surface area contributed by atoms with Crippen molar-refractivity contribution in [1.82, 2.24) is 24.9 Å². The fourth-order valence-electron chi connectivity index (χ4n) is 2.87. The molecular weight excluding hydrogens is 338 g/mol. The Kier molecular flexibility index (Phi) is 3.65. The molecule has 3 aromatic heterocycles. The van der Waals surface area contributed by atoms with Gasteiger partial charge in [0.25, 0.3) is 0 Å². The van der Waals surface area contributed by atoms with Gasteiger partial charge in [0.05, 0.1) is 21.9 Å². The third kappa shape index (κ3) is 2.93. The van der Waals surface area contributed by atoms with Gasteiger partial charge in [0.2, 0.25) is 5.88 Å². The highest BCUT2D eigenvalue weighted by Gasteiger charge is 2.11. The molecule has 6 nitrogen and oxygen atoms in total. The van der Waals surface area contributed by atoms with Gasteiger partial charge in [0.15, 0.2) is 5.82 Å². The molecule has 0 spiro atoms. The van der Waals surface area contributed by atoms with E-state index in [9.17, 15) is 0 Å². The van der Waals surface area contributed by atoms with E-state index < -0.39 is 0 Å². The normalized spacial score (nSPS) is 11.0. The maximum Gasteiger partial charge on any atom is 0.230 e. The summed E-state index contributed by atoms with van der Waals surface area (Å²) in [5, 5.41) is 0.842. The summed E-state index contributed by atoms with van der Waals surface area (Å²) in [5.74, 6) is 1.73. The third-order valence-corrected chi connectivity index (χ3v) is 4.16. The minimum Gasteiger partial charge on any atom is -0.438 e. The number of nitrogens with zero attached hydrogens (tertiary/aromatic N) is 5. The minimum absolute atomic E-state index is 0.496. The smallest absolute Gasteiger partial charge is 0.230 e. The molecule has 0 bridgehead atoms. The second-order valence-corrected chi connectivity index (χ2v) is 5.91. The van der Waals surface area contributed by atoms with Crippen LogP contribution in [-0.4, -0.2) is 24.9 Å². The van der Waals surface area contributed by atoms with Gasteiger partial charge in [0.1, 0.15) is 5.75 Å². The van der Waals surface area contributed by atoms with Gasteiger partial charge in [-0.15, -0.1) is 0 Å². The largest absolute Gasteiger partial charge is 0.438 e. The first-order valence-corrected chi connectivity index (χ1v) is 8.43. The standard InChI is InChI=1S/C21H13N5O/c1-2-4-17-16(3-1)21(26-20(25-17)14-7-9-22-10-8-14)27-15-5-6-18-19(13-15)24-12-11-23-18/h1-13H. The predicted molar refractivity (Wildman–Crippen MR) is 102 cm³/mol. The van der Waals surface area contributed by atoms with Crippen LogP contribution in [0.25, 0.3) is 33.3 Å². The van der Waals surface area contributed by atoms with Crippen LogP contribution in [0.15, 0.2) is 79.4 Å². The fourth-order valence-corrected chi connectivity index (χ4v) is 2.87. The Bertz CT molecular complexity index is 1260. The molecule has 6 heteroatoms. The SMILES string of the molecule is c1ccc2c(Oc3ccc4nccnc4c3)nc(-c3ccncc3)nc2c1. The monoisotopic (exact) mass is 351 g/mol. The van der Waals surface area contributed by atoms with Crippen molar-refractivity contribution in [1.29, 1.82) is 0 Å². The molecule has 0 fully saturated rings. The zero-order valence-corrected chi connectivity index (χ0v) is 14.1. The first-order chi connectivity index (χ1) is 13.4. The van der Waals surface area contributed by atoms with Crippen LogP contribution in [-0.2, 0) is 0 Å². The molecule has 0 N–H and O–H groups in total. The molecule has 5 aromatic rings. The van der Waals surface area contributed by atoms with Gasteiger partial charge in [-0.25, -0.2) is 4.98 Å². The zero-order chi connectivity index (χ0) is 18.1. The lowest BCUT2D eigenvalue weighted by Crippen LogP contribution is -1.96. The average molecular weight is 351 g/mol. The van der Waals surface area contributed by atoms with Gasteiger partial charge in [-0.3, -0.25) is 15.0 Å². The van der Waals surface area contributed by atoms with E-state index in [0.29, 0.717) is 17.5 Å². The summed E-state index contributed by atoms with van der Waals surface area (Å²) >= 11 is 0. The Morgan fingerprint density at radius 1 is 0.667 bits per heavy atom. The Hall–Kier alpha value is -3.93. The molecule has 3 heterocycles. The Balaban J connectivity index is 1.64. The van der Waals surface area contributed by atoms with Crippen molar-refractivity contribution in [3.05, 3.63) is 79.4 Å². The average Bonchev–Trinajstić information content (AvgIpc) is 2.74. The van der Waals surface area contributed by atoms with Crippen molar-refractivity contribution in [3.63, 3.8) is 0 Å². The molecule has 5 rings (SSSR count). The van der Waals surface area contributed by atoms with E-state index in [1.807, 2.05) is 54.6 Å². The molecule has 0 aliphatic carbocycles. The number of aromatic nitrogens is 5. The lowest BCUT2D eigenvalue weighted by Gasteiger charge is -2.10. The third-order valence-electron chi connectivity index (χ3n) is 4.16. The zero-order valence-electron chi connectivity index (χ0n) is 14.1. The van der Waals surface area contributed by atoms with E-state index in [0.717, 1.165) is 27.5 Å². The van der Waals surface area contributed by atoms with E-state index in [2.05, 4.69) is 24.9 Å². The Morgan fingerprint density at radius 3 is 2.37 bits per heavy atom. The number of rotatable bonds is 3. The molecule has 0 atom stereocenters. The maximum absolute atomic E-state index is 6.13. The summed E-state index contributed by atoms with van der Waals surface area (Å²) < 4.78 is 6.13. The number of hydrogen-bond acceptors (Lipinski definition) is 6. The van der Waals surface area contributed by atoms with E-state index in [1.165, 1.54) is 0 Å². The minimum atomic E-state index is 0.496. The highest BCUT2D eigenvalue weighted by atomic mass is 16.5. The van der Waals surface area contributed by atoms with Gasteiger partial charge in [-0.2, -0.15) is 4.98 Å². The molecule has 0 unspecified atom stereocenters. The molecule has 0 aliphatic rings. The van der Waals surface area contributed by atoms with E-state index in [4.69, 9.17) is 4.74 Å². The Labute approximate surface area is 154 Å². The lowest BCUT2D eigenvalue weighted by molar-refractivity contribution is 0.469. The fraction of sp³-hybridized carbons (Fsp3) is 0. The summed E-state index contributed by atoms with van der Waals surface area (Å²) in [6.45, 7) is 0. The Morgan fingerprint density at radius 2 is 1.48 bits per heavy atom. The van der Waals surface area contributed by atoms with E-state index >= 15 is 0 Å². The van der Waals surface area contributed by atoms with Gasteiger partial charge in [-0.05, 0) is 36.4 Å². The molecule has 0 aliphatic heterocycles. The van der Waals surface area contributed by atoms with Crippen LogP contribution in [0, 0.1) is 0 Å². The van der Waals surface area contributed by atoms with Crippen LogP contribution >= 0.6 is 0 Å². The van der Waals surface area contributed by atoms with Crippen molar-refractivity contribution in [3.8, 4) is 23.0 Å². The molecule has 27 heavy (non-hydrogen) atoms. The van der Waals surface area contributed by atoms with Crippen LogP contribution in [0.5, 0.6) is 11.6 Å². The van der Waals surface area contributed by atoms with Crippen molar-refractivity contribution in [2.24, 2.45) is 0 Å².